The molecule has 0 aliphatic heterocycles. The van der Waals surface area contributed by atoms with Gasteiger partial charge in [-0.25, -0.2) is 13.1 Å². The number of carbonyl (C=O) groups is 1. The van der Waals surface area contributed by atoms with Gasteiger partial charge in [0.1, 0.15) is 0 Å². The predicted octanol–water partition coefficient (Wildman–Crippen LogP) is -0.293. The number of nitrogens with one attached hydrogen (secondary N) is 2. The van der Waals surface area contributed by atoms with Crippen molar-refractivity contribution in [1.29, 1.82) is 0 Å². The molecule has 6 nitrogen and oxygen atoms in total. The van der Waals surface area contributed by atoms with Crippen LogP contribution in [-0.4, -0.2) is 39.6 Å². The van der Waals surface area contributed by atoms with E-state index >= 15 is 0 Å². The molecule has 3 N–H and O–H groups in total. The molecule has 0 atom stereocenters. The Morgan fingerprint density at radius 3 is 2.39 bits per heavy atom. The van der Waals surface area contributed by atoms with E-state index in [9.17, 15) is 13.2 Å². The Morgan fingerprint density at radius 2 is 1.89 bits per heavy atom. The molecule has 0 unspecified atom stereocenters. The molecular weight excluding hydrogens is 256 g/mol. The van der Waals surface area contributed by atoms with E-state index in [1.54, 1.807) is 0 Å². The van der Waals surface area contributed by atoms with E-state index < -0.39 is 10.0 Å². The van der Waals surface area contributed by atoms with Gasteiger partial charge in [-0.05, 0) is 37.7 Å². The van der Waals surface area contributed by atoms with Crippen molar-refractivity contribution in [3.63, 3.8) is 0 Å². The smallest absolute Gasteiger partial charge is 0.251 e. The van der Waals surface area contributed by atoms with Crippen LogP contribution >= 0.6 is 0 Å². The van der Waals surface area contributed by atoms with E-state index in [-0.39, 0.29) is 17.4 Å². The van der Waals surface area contributed by atoms with Crippen LogP contribution in [0.15, 0.2) is 29.2 Å². The van der Waals surface area contributed by atoms with Gasteiger partial charge in [0.25, 0.3) is 5.91 Å². The minimum atomic E-state index is -3.48. The van der Waals surface area contributed by atoms with Crippen LogP contribution in [0.1, 0.15) is 16.8 Å². The van der Waals surface area contributed by atoms with Crippen LogP contribution in [0, 0.1) is 0 Å². The summed E-state index contributed by atoms with van der Waals surface area (Å²) in [6.45, 7) is 0.394. The SMILES string of the molecule is CNS(=O)(=O)c1ccc(C(=O)NCCCO)cc1. The number of aliphatic hydroxyl groups excluding tert-OH is 1. The van der Waals surface area contributed by atoms with Crippen molar-refractivity contribution in [1.82, 2.24) is 10.0 Å². The molecule has 1 aromatic rings. The molecule has 1 rings (SSSR count). The van der Waals surface area contributed by atoms with Crippen molar-refractivity contribution in [3.8, 4) is 0 Å². The number of rotatable bonds is 6. The molecule has 0 spiro atoms. The maximum atomic E-state index is 11.6. The molecule has 0 aliphatic carbocycles. The van der Waals surface area contributed by atoms with E-state index in [2.05, 4.69) is 10.0 Å². The number of aliphatic hydroxyl groups is 1. The van der Waals surface area contributed by atoms with Gasteiger partial charge in [0.05, 0.1) is 4.90 Å². The predicted molar refractivity (Wildman–Crippen MR) is 66.7 cm³/mol. The van der Waals surface area contributed by atoms with Crippen molar-refractivity contribution in [2.75, 3.05) is 20.2 Å². The van der Waals surface area contributed by atoms with Crippen molar-refractivity contribution in [2.45, 2.75) is 11.3 Å². The molecular formula is C11H16N2O4S. The van der Waals surface area contributed by atoms with E-state index in [0.29, 0.717) is 18.5 Å². The van der Waals surface area contributed by atoms with Crippen LogP contribution in [0.2, 0.25) is 0 Å². The standard InChI is InChI=1S/C11H16N2O4S/c1-12-18(16,17)10-5-3-9(4-6-10)11(15)13-7-2-8-14/h3-6,12,14H,2,7-8H2,1H3,(H,13,15). The first kappa shape index (κ1) is 14.6. The van der Waals surface area contributed by atoms with Crippen LogP contribution in [0.3, 0.4) is 0 Å². The highest BCUT2D eigenvalue weighted by molar-refractivity contribution is 7.89. The second kappa shape index (κ2) is 6.48. The Bertz CT molecular complexity index is 496. The largest absolute Gasteiger partial charge is 0.396 e. The number of carbonyl (C=O) groups excluding carboxylic acids is 1. The Balaban J connectivity index is 2.74. The second-order valence-electron chi connectivity index (χ2n) is 3.56. The summed E-state index contributed by atoms with van der Waals surface area (Å²) >= 11 is 0. The molecule has 100 valence electrons. The molecule has 1 amide bonds. The van der Waals surface area contributed by atoms with Gasteiger partial charge < -0.3 is 10.4 Å². The molecule has 0 aromatic heterocycles. The number of hydrogen-bond donors (Lipinski definition) is 3. The molecule has 7 heteroatoms. The quantitative estimate of drug-likeness (QED) is 0.620. The minimum absolute atomic E-state index is 0.0135. The second-order valence-corrected chi connectivity index (χ2v) is 5.45. The lowest BCUT2D eigenvalue weighted by Gasteiger charge is -2.05. The van der Waals surface area contributed by atoms with Gasteiger partial charge in [-0.2, -0.15) is 0 Å². The lowest BCUT2D eigenvalue weighted by atomic mass is 10.2. The zero-order valence-electron chi connectivity index (χ0n) is 10.0. The van der Waals surface area contributed by atoms with Crippen molar-refractivity contribution >= 4 is 15.9 Å². The number of hydrogen-bond acceptors (Lipinski definition) is 4. The Labute approximate surface area is 106 Å². The maximum Gasteiger partial charge on any atom is 0.251 e. The Kier molecular flexibility index (Phi) is 5.26. The van der Waals surface area contributed by atoms with Crippen LogP contribution in [0.5, 0.6) is 0 Å². The summed E-state index contributed by atoms with van der Waals surface area (Å²) in [5.41, 5.74) is 0.378. The fraction of sp³-hybridized carbons (Fsp3) is 0.364. The van der Waals surface area contributed by atoms with Crippen LogP contribution in [0.4, 0.5) is 0 Å². The first-order valence-electron chi connectivity index (χ1n) is 5.44. The molecule has 0 bridgehead atoms. The molecule has 0 radical (unpaired) electrons. The zero-order chi connectivity index (χ0) is 13.6. The van der Waals surface area contributed by atoms with Crippen molar-refractivity contribution in [3.05, 3.63) is 29.8 Å². The summed E-state index contributed by atoms with van der Waals surface area (Å²) in [6.07, 6.45) is 0.484. The highest BCUT2D eigenvalue weighted by Crippen LogP contribution is 2.09. The van der Waals surface area contributed by atoms with Gasteiger partial charge in [0, 0.05) is 18.7 Å². The first-order valence-corrected chi connectivity index (χ1v) is 6.92. The summed E-state index contributed by atoms with van der Waals surface area (Å²) in [5.74, 6) is -0.295. The molecule has 0 saturated carbocycles. The highest BCUT2D eigenvalue weighted by atomic mass is 32.2. The molecule has 0 aliphatic rings. The van der Waals surface area contributed by atoms with Crippen molar-refractivity contribution in [2.24, 2.45) is 0 Å². The van der Waals surface area contributed by atoms with E-state index in [0.717, 1.165) is 0 Å². The third-order valence-electron chi connectivity index (χ3n) is 2.32. The van der Waals surface area contributed by atoms with E-state index in [1.807, 2.05) is 0 Å². The van der Waals surface area contributed by atoms with E-state index in [4.69, 9.17) is 5.11 Å². The van der Waals surface area contributed by atoms with Gasteiger partial charge in [0.2, 0.25) is 10.0 Å². The molecule has 0 saturated heterocycles. The molecule has 1 aromatic carbocycles. The number of sulfonamides is 1. The first-order chi connectivity index (χ1) is 8.51. The monoisotopic (exact) mass is 272 g/mol. The average molecular weight is 272 g/mol. The molecule has 0 fully saturated rings. The van der Waals surface area contributed by atoms with Gasteiger partial charge in [-0.15, -0.1) is 0 Å². The minimum Gasteiger partial charge on any atom is -0.396 e. The molecule has 0 heterocycles. The number of benzene rings is 1. The maximum absolute atomic E-state index is 11.6. The van der Waals surface area contributed by atoms with E-state index in [1.165, 1.54) is 31.3 Å². The topological polar surface area (TPSA) is 95.5 Å². The van der Waals surface area contributed by atoms with Crippen LogP contribution in [0.25, 0.3) is 0 Å². The van der Waals surface area contributed by atoms with Crippen molar-refractivity contribution < 1.29 is 18.3 Å². The van der Waals surface area contributed by atoms with Gasteiger partial charge >= 0.3 is 0 Å². The molecule has 18 heavy (non-hydrogen) atoms. The number of amides is 1. The fourth-order valence-electron chi connectivity index (χ4n) is 1.29. The Hall–Kier alpha value is -1.44. The summed E-state index contributed by atoms with van der Waals surface area (Å²) in [4.78, 5) is 11.7. The lowest BCUT2D eigenvalue weighted by Crippen LogP contribution is -2.25. The Morgan fingerprint density at radius 1 is 1.28 bits per heavy atom. The fourth-order valence-corrected chi connectivity index (χ4v) is 2.02. The average Bonchev–Trinajstić information content (AvgIpc) is 2.39. The third-order valence-corrected chi connectivity index (χ3v) is 3.75. The normalized spacial score (nSPS) is 11.2. The summed E-state index contributed by atoms with van der Waals surface area (Å²) in [7, 11) is -2.15. The summed E-state index contributed by atoms with van der Waals surface area (Å²) in [5, 5.41) is 11.2. The summed E-state index contributed by atoms with van der Waals surface area (Å²) < 4.78 is 25.1. The van der Waals surface area contributed by atoms with Crippen LogP contribution in [-0.2, 0) is 10.0 Å². The lowest BCUT2D eigenvalue weighted by molar-refractivity contribution is 0.0951. The van der Waals surface area contributed by atoms with Gasteiger partial charge in [-0.1, -0.05) is 0 Å². The van der Waals surface area contributed by atoms with Crippen LogP contribution < -0.4 is 10.0 Å². The van der Waals surface area contributed by atoms with Gasteiger partial charge in [0.15, 0.2) is 0 Å². The van der Waals surface area contributed by atoms with Gasteiger partial charge in [-0.3, -0.25) is 4.79 Å². The highest BCUT2D eigenvalue weighted by Gasteiger charge is 2.12. The zero-order valence-corrected chi connectivity index (χ0v) is 10.8. The third kappa shape index (κ3) is 3.80. The summed E-state index contributed by atoms with van der Waals surface area (Å²) in [6, 6.07) is 5.62.